The van der Waals surface area contributed by atoms with Crippen molar-refractivity contribution in [3.63, 3.8) is 0 Å². The van der Waals surface area contributed by atoms with Crippen molar-refractivity contribution in [2.75, 3.05) is 6.61 Å². The van der Waals surface area contributed by atoms with Gasteiger partial charge in [-0.25, -0.2) is 0 Å². The summed E-state index contributed by atoms with van der Waals surface area (Å²) in [6, 6.07) is 22.3. The summed E-state index contributed by atoms with van der Waals surface area (Å²) in [6.07, 6.45) is 1.53. The molecule has 1 amide bonds. The molecule has 5 nitrogen and oxygen atoms in total. The maximum Gasteiger partial charge on any atom is 0.262 e. The molecule has 0 aliphatic carbocycles. The standard InChI is InChI=1S/C27H24BrClN2O3/c1-3-33-25-14-21(23(28)15-26(25)34-17-20-11-7-8-12-24(20)29)13-22(16-30)27(32)31-18(2)19-9-5-4-6-10-19/h4-15,18H,3,17H2,1-2H3,(H,31,32)/b22-13-/t18-/m0/s1. The van der Waals surface area contributed by atoms with Crippen molar-refractivity contribution < 1.29 is 14.3 Å². The van der Waals surface area contributed by atoms with Crippen molar-refractivity contribution in [2.45, 2.75) is 26.5 Å². The van der Waals surface area contributed by atoms with Crippen LogP contribution >= 0.6 is 27.5 Å². The highest BCUT2D eigenvalue weighted by Gasteiger charge is 2.16. The van der Waals surface area contributed by atoms with E-state index in [0.717, 1.165) is 11.1 Å². The Bertz CT molecular complexity index is 1220. The number of ether oxygens (including phenoxy) is 2. The second-order valence-electron chi connectivity index (χ2n) is 7.41. The Morgan fingerprint density at radius 3 is 2.47 bits per heavy atom. The van der Waals surface area contributed by atoms with Crippen molar-refractivity contribution in [3.05, 3.63) is 98.5 Å². The second kappa shape index (κ2) is 12.3. The van der Waals surface area contributed by atoms with Crippen molar-refractivity contribution in [1.29, 1.82) is 5.26 Å². The van der Waals surface area contributed by atoms with Gasteiger partial charge in [-0.05, 0) is 49.2 Å². The minimum atomic E-state index is -0.456. The lowest BCUT2D eigenvalue weighted by Crippen LogP contribution is -2.27. The largest absolute Gasteiger partial charge is 0.490 e. The number of nitrogens with one attached hydrogen (secondary N) is 1. The number of nitriles is 1. The summed E-state index contributed by atoms with van der Waals surface area (Å²) in [6.45, 7) is 4.43. The highest BCUT2D eigenvalue weighted by Crippen LogP contribution is 2.36. The van der Waals surface area contributed by atoms with Crippen molar-refractivity contribution >= 4 is 39.5 Å². The first kappa shape index (κ1) is 25.4. The van der Waals surface area contributed by atoms with Crippen LogP contribution in [-0.2, 0) is 11.4 Å². The van der Waals surface area contributed by atoms with Gasteiger partial charge in [0.15, 0.2) is 11.5 Å². The van der Waals surface area contributed by atoms with Gasteiger partial charge in [-0.15, -0.1) is 0 Å². The van der Waals surface area contributed by atoms with Crippen LogP contribution in [0.5, 0.6) is 11.5 Å². The van der Waals surface area contributed by atoms with Gasteiger partial charge < -0.3 is 14.8 Å². The molecule has 174 valence electrons. The quantitative estimate of drug-likeness (QED) is 0.238. The molecule has 3 aromatic rings. The molecule has 3 aromatic carbocycles. The third-order valence-corrected chi connectivity index (χ3v) is 6.07. The van der Waals surface area contributed by atoms with Crippen LogP contribution in [0, 0.1) is 11.3 Å². The van der Waals surface area contributed by atoms with E-state index < -0.39 is 5.91 Å². The molecular formula is C27H24BrClN2O3. The van der Waals surface area contributed by atoms with Crippen molar-refractivity contribution in [3.8, 4) is 17.6 Å². The predicted octanol–water partition coefficient (Wildman–Crippen LogP) is 6.86. The van der Waals surface area contributed by atoms with E-state index in [1.807, 2.05) is 68.4 Å². The highest BCUT2D eigenvalue weighted by molar-refractivity contribution is 9.10. The lowest BCUT2D eigenvalue weighted by molar-refractivity contribution is -0.117. The first-order valence-electron chi connectivity index (χ1n) is 10.7. The van der Waals surface area contributed by atoms with Crippen molar-refractivity contribution in [2.24, 2.45) is 0 Å². The molecule has 0 saturated heterocycles. The fourth-order valence-corrected chi connectivity index (χ4v) is 3.84. The molecule has 0 bridgehead atoms. The number of carbonyl (C=O) groups is 1. The summed E-state index contributed by atoms with van der Waals surface area (Å²) in [5.41, 5.74) is 2.40. The molecule has 0 heterocycles. The van der Waals surface area contributed by atoms with E-state index in [1.54, 1.807) is 18.2 Å². The lowest BCUT2D eigenvalue weighted by Gasteiger charge is -2.15. The summed E-state index contributed by atoms with van der Waals surface area (Å²) < 4.78 is 12.4. The molecule has 0 aromatic heterocycles. The van der Waals surface area contributed by atoms with Gasteiger partial charge in [0.05, 0.1) is 12.6 Å². The Balaban J connectivity index is 1.83. The van der Waals surface area contributed by atoms with Crippen LogP contribution in [0.15, 0.2) is 76.8 Å². The zero-order chi connectivity index (χ0) is 24.5. The number of rotatable bonds is 9. The van der Waals surface area contributed by atoms with Gasteiger partial charge in [-0.2, -0.15) is 5.26 Å². The molecular weight excluding hydrogens is 516 g/mol. The first-order valence-corrected chi connectivity index (χ1v) is 11.9. The number of hydrogen-bond acceptors (Lipinski definition) is 4. The van der Waals surface area contributed by atoms with Gasteiger partial charge in [0, 0.05) is 15.1 Å². The van der Waals surface area contributed by atoms with E-state index in [1.165, 1.54) is 6.08 Å². The van der Waals surface area contributed by atoms with Crippen LogP contribution in [0.3, 0.4) is 0 Å². The Labute approximate surface area is 213 Å². The van der Waals surface area contributed by atoms with Crippen LogP contribution < -0.4 is 14.8 Å². The van der Waals surface area contributed by atoms with Gasteiger partial charge >= 0.3 is 0 Å². The third-order valence-electron chi connectivity index (χ3n) is 5.02. The summed E-state index contributed by atoms with van der Waals surface area (Å²) in [5.74, 6) is 0.563. The average molecular weight is 540 g/mol. The van der Waals surface area contributed by atoms with Gasteiger partial charge in [0.1, 0.15) is 18.2 Å². The number of hydrogen-bond donors (Lipinski definition) is 1. The number of halogens is 2. The van der Waals surface area contributed by atoms with Gasteiger partial charge in [0.25, 0.3) is 5.91 Å². The van der Waals surface area contributed by atoms with E-state index in [-0.39, 0.29) is 18.2 Å². The van der Waals surface area contributed by atoms with E-state index >= 15 is 0 Å². The Morgan fingerprint density at radius 2 is 1.79 bits per heavy atom. The SMILES string of the molecule is CCOc1cc(/C=C(/C#N)C(=O)N[C@@H](C)c2ccccc2)c(Br)cc1OCc1ccccc1Cl. The molecule has 0 aliphatic rings. The lowest BCUT2D eigenvalue weighted by atomic mass is 10.1. The van der Waals surface area contributed by atoms with E-state index in [4.69, 9.17) is 21.1 Å². The summed E-state index contributed by atoms with van der Waals surface area (Å²) in [4.78, 5) is 12.8. The molecule has 0 radical (unpaired) electrons. The fourth-order valence-electron chi connectivity index (χ4n) is 3.22. The minimum Gasteiger partial charge on any atom is -0.490 e. The predicted molar refractivity (Wildman–Crippen MR) is 138 cm³/mol. The number of amides is 1. The van der Waals surface area contributed by atoms with Crippen molar-refractivity contribution in [1.82, 2.24) is 5.32 Å². The zero-order valence-electron chi connectivity index (χ0n) is 18.8. The second-order valence-corrected chi connectivity index (χ2v) is 8.67. The molecule has 7 heteroatoms. The molecule has 3 rings (SSSR count). The highest BCUT2D eigenvalue weighted by atomic mass is 79.9. The Morgan fingerprint density at radius 1 is 1.12 bits per heavy atom. The maximum atomic E-state index is 12.8. The number of benzene rings is 3. The topological polar surface area (TPSA) is 71.3 Å². The maximum absolute atomic E-state index is 12.8. The van der Waals surface area contributed by atoms with Crippen LogP contribution in [0.2, 0.25) is 5.02 Å². The summed E-state index contributed by atoms with van der Waals surface area (Å²) >= 11 is 9.75. The number of nitrogens with zero attached hydrogens (tertiary/aromatic N) is 1. The molecule has 0 unspecified atom stereocenters. The molecule has 1 N–H and O–H groups in total. The fraction of sp³-hybridized carbons (Fsp3) is 0.185. The smallest absolute Gasteiger partial charge is 0.262 e. The third kappa shape index (κ3) is 6.63. The first-order chi connectivity index (χ1) is 16.4. The Hall–Kier alpha value is -3.27. The molecule has 0 aliphatic heterocycles. The summed E-state index contributed by atoms with van der Waals surface area (Å²) in [7, 11) is 0. The molecule has 0 fully saturated rings. The molecule has 0 spiro atoms. The van der Waals surface area contributed by atoms with E-state index in [0.29, 0.717) is 33.2 Å². The van der Waals surface area contributed by atoms with Crippen LogP contribution in [0.1, 0.15) is 36.6 Å². The normalized spacial score (nSPS) is 11.9. The molecule has 0 saturated carbocycles. The molecule has 34 heavy (non-hydrogen) atoms. The Kier molecular flexibility index (Phi) is 9.15. The van der Waals surface area contributed by atoms with Crippen LogP contribution in [0.25, 0.3) is 6.08 Å². The van der Waals surface area contributed by atoms with Gasteiger partial charge in [-0.1, -0.05) is 76.1 Å². The zero-order valence-corrected chi connectivity index (χ0v) is 21.2. The number of carbonyl (C=O) groups excluding carboxylic acids is 1. The van der Waals surface area contributed by atoms with E-state index in [2.05, 4.69) is 21.2 Å². The van der Waals surface area contributed by atoms with E-state index in [9.17, 15) is 10.1 Å². The monoisotopic (exact) mass is 538 g/mol. The van der Waals surface area contributed by atoms with Crippen LogP contribution in [-0.4, -0.2) is 12.5 Å². The average Bonchev–Trinajstić information content (AvgIpc) is 2.84. The summed E-state index contributed by atoms with van der Waals surface area (Å²) in [5, 5.41) is 13.1. The minimum absolute atomic E-state index is 0.0179. The molecule has 1 atom stereocenters. The van der Waals surface area contributed by atoms with Crippen LogP contribution in [0.4, 0.5) is 0 Å². The van der Waals surface area contributed by atoms with Gasteiger partial charge in [0.2, 0.25) is 0 Å². The van der Waals surface area contributed by atoms with Gasteiger partial charge in [-0.3, -0.25) is 4.79 Å².